The predicted octanol–water partition coefficient (Wildman–Crippen LogP) is 4.69. The van der Waals surface area contributed by atoms with Crippen LogP contribution in [0, 0.1) is 0 Å². The zero-order chi connectivity index (χ0) is 19.8. The fraction of sp³-hybridized carbons (Fsp3) is 0.167. The summed E-state index contributed by atoms with van der Waals surface area (Å²) in [6.45, 7) is 0.996. The fourth-order valence-electron chi connectivity index (χ4n) is 3.92. The van der Waals surface area contributed by atoms with Gasteiger partial charge in [0.15, 0.2) is 11.5 Å². The average Bonchev–Trinajstić information content (AvgIpc) is 3.08. The molecule has 0 radical (unpaired) electrons. The molecule has 0 aromatic heterocycles. The van der Waals surface area contributed by atoms with Crippen molar-refractivity contribution in [1.29, 1.82) is 0 Å². The highest BCUT2D eigenvalue weighted by atomic mass is 16.5. The second-order valence-corrected chi connectivity index (χ2v) is 7.15. The van der Waals surface area contributed by atoms with Crippen molar-refractivity contribution in [2.24, 2.45) is 4.99 Å². The smallest absolute Gasteiger partial charge is 0.257 e. The van der Waals surface area contributed by atoms with E-state index in [0.717, 1.165) is 16.7 Å². The van der Waals surface area contributed by atoms with Crippen LogP contribution in [-0.2, 0) is 13.2 Å². The fourth-order valence-corrected chi connectivity index (χ4v) is 3.92. The van der Waals surface area contributed by atoms with Gasteiger partial charge in [0, 0.05) is 18.8 Å². The molecule has 144 valence electrons. The number of methoxy groups -OCH3 is 1. The highest BCUT2D eigenvalue weighted by Crippen LogP contribution is 2.41. The van der Waals surface area contributed by atoms with E-state index in [2.05, 4.69) is 17.1 Å². The summed E-state index contributed by atoms with van der Waals surface area (Å²) in [4.78, 5) is 19.8. The van der Waals surface area contributed by atoms with Crippen molar-refractivity contribution in [3.05, 3.63) is 89.0 Å². The molecule has 2 aliphatic rings. The molecular weight excluding hydrogens is 364 g/mol. The van der Waals surface area contributed by atoms with E-state index in [-0.39, 0.29) is 11.9 Å². The number of benzene rings is 3. The largest absolute Gasteiger partial charge is 0.493 e. The molecule has 1 amide bonds. The Hall–Kier alpha value is -3.60. The minimum Gasteiger partial charge on any atom is -0.493 e. The zero-order valence-electron chi connectivity index (χ0n) is 16.0. The zero-order valence-corrected chi connectivity index (χ0v) is 16.0. The van der Waals surface area contributed by atoms with Gasteiger partial charge in [0.05, 0.1) is 24.4 Å². The summed E-state index contributed by atoms with van der Waals surface area (Å²) >= 11 is 0. The number of fused-ring (bicyclic) bond motifs is 4. The highest BCUT2D eigenvalue weighted by Gasteiger charge is 2.36. The van der Waals surface area contributed by atoms with Crippen LogP contribution in [0.25, 0.3) is 0 Å². The number of rotatable bonds is 4. The van der Waals surface area contributed by atoms with Crippen molar-refractivity contribution in [2.45, 2.75) is 19.2 Å². The van der Waals surface area contributed by atoms with Gasteiger partial charge < -0.3 is 14.4 Å². The van der Waals surface area contributed by atoms with Gasteiger partial charge in [0.2, 0.25) is 0 Å². The Balaban J connectivity index is 1.50. The Morgan fingerprint density at radius 1 is 1.03 bits per heavy atom. The van der Waals surface area contributed by atoms with Crippen LogP contribution in [0.1, 0.15) is 33.1 Å². The highest BCUT2D eigenvalue weighted by molar-refractivity contribution is 6.04. The molecule has 5 nitrogen and oxygen atoms in total. The predicted molar refractivity (Wildman–Crippen MR) is 111 cm³/mol. The van der Waals surface area contributed by atoms with Crippen LogP contribution in [0.3, 0.4) is 0 Å². The Morgan fingerprint density at radius 3 is 2.66 bits per heavy atom. The van der Waals surface area contributed by atoms with E-state index in [4.69, 9.17) is 9.47 Å². The summed E-state index contributed by atoms with van der Waals surface area (Å²) in [6, 6.07) is 21.4. The van der Waals surface area contributed by atoms with Crippen molar-refractivity contribution >= 4 is 17.8 Å². The summed E-state index contributed by atoms with van der Waals surface area (Å²) in [7, 11) is 1.58. The molecular formula is C24H20N2O3. The molecule has 0 saturated heterocycles. The number of hydrogen-bond donors (Lipinski definition) is 0. The molecule has 0 bridgehead atoms. The van der Waals surface area contributed by atoms with E-state index in [1.54, 1.807) is 19.2 Å². The molecule has 3 aromatic carbocycles. The molecule has 29 heavy (non-hydrogen) atoms. The third-order valence-corrected chi connectivity index (χ3v) is 5.42. The van der Waals surface area contributed by atoms with Crippen molar-refractivity contribution in [1.82, 2.24) is 4.90 Å². The van der Waals surface area contributed by atoms with Gasteiger partial charge in [-0.05, 0) is 22.8 Å². The molecule has 2 heterocycles. The Labute approximate surface area is 169 Å². The van der Waals surface area contributed by atoms with E-state index >= 15 is 0 Å². The van der Waals surface area contributed by atoms with E-state index < -0.39 is 0 Å². The lowest BCUT2D eigenvalue weighted by Crippen LogP contribution is -2.29. The molecule has 0 aliphatic carbocycles. The number of nitrogens with zero attached hydrogens (tertiary/aromatic N) is 2. The van der Waals surface area contributed by atoms with Crippen LogP contribution in [0.5, 0.6) is 11.5 Å². The maximum Gasteiger partial charge on any atom is 0.257 e. The number of carbonyl (C=O) groups is 1. The molecule has 2 aliphatic heterocycles. The standard InChI is InChI=1S/C24H20N2O3/c1-28-22-11-19-20(12-23(22)29-15-16-7-3-2-4-8-16)25-13-21-18-10-6-5-9-17(18)14-26(21)24(19)27/h2-13,21H,14-15H2,1H3. The van der Waals surface area contributed by atoms with Crippen LogP contribution in [0.15, 0.2) is 71.7 Å². The number of hydrogen-bond acceptors (Lipinski definition) is 4. The quantitative estimate of drug-likeness (QED) is 0.656. The molecule has 1 unspecified atom stereocenters. The molecule has 0 saturated carbocycles. The van der Waals surface area contributed by atoms with Gasteiger partial charge in [-0.2, -0.15) is 0 Å². The van der Waals surface area contributed by atoms with Crippen molar-refractivity contribution in [3.63, 3.8) is 0 Å². The Morgan fingerprint density at radius 2 is 1.83 bits per heavy atom. The lowest BCUT2D eigenvalue weighted by Gasteiger charge is -2.21. The van der Waals surface area contributed by atoms with Gasteiger partial charge in [-0.25, -0.2) is 0 Å². The normalized spacial score (nSPS) is 16.7. The minimum absolute atomic E-state index is 0.0494. The summed E-state index contributed by atoms with van der Waals surface area (Å²) < 4.78 is 11.5. The minimum atomic E-state index is -0.147. The van der Waals surface area contributed by atoms with Crippen molar-refractivity contribution in [3.8, 4) is 11.5 Å². The second-order valence-electron chi connectivity index (χ2n) is 7.15. The average molecular weight is 384 g/mol. The molecule has 0 N–H and O–H groups in total. The molecule has 0 fully saturated rings. The van der Waals surface area contributed by atoms with E-state index in [9.17, 15) is 4.79 Å². The number of amides is 1. The first-order valence-electron chi connectivity index (χ1n) is 9.56. The summed E-state index contributed by atoms with van der Waals surface area (Å²) in [5.41, 5.74) is 4.48. The van der Waals surface area contributed by atoms with Crippen LogP contribution < -0.4 is 9.47 Å². The van der Waals surface area contributed by atoms with Gasteiger partial charge >= 0.3 is 0 Å². The Kier molecular flexibility index (Phi) is 4.28. The first-order chi connectivity index (χ1) is 14.2. The molecule has 1 atom stereocenters. The third-order valence-electron chi connectivity index (χ3n) is 5.42. The Bertz CT molecular complexity index is 1110. The van der Waals surface area contributed by atoms with Crippen LogP contribution in [0.4, 0.5) is 5.69 Å². The van der Waals surface area contributed by atoms with Gasteiger partial charge in [0.25, 0.3) is 5.91 Å². The van der Waals surface area contributed by atoms with Gasteiger partial charge in [-0.15, -0.1) is 0 Å². The molecule has 3 aromatic rings. The van der Waals surface area contributed by atoms with Crippen molar-refractivity contribution < 1.29 is 14.3 Å². The number of carbonyl (C=O) groups excluding carboxylic acids is 1. The molecule has 5 rings (SSSR count). The van der Waals surface area contributed by atoms with Crippen LogP contribution >= 0.6 is 0 Å². The van der Waals surface area contributed by atoms with Gasteiger partial charge in [0.1, 0.15) is 6.61 Å². The van der Waals surface area contributed by atoms with Crippen LogP contribution in [0.2, 0.25) is 0 Å². The number of ether oxygens (including phenoxy) is 2. The maximum absolute atomic E-state index is 13.3. The topological polar surface area (TPSA) is 51.1 Å². The van der Waals surface area contributed by atoms with Crippen molar-refractivity contribution in [2.75, 3.05) is 7.11 Å². The summed E-state index contributed by atoms with van der Waals surface area (Å²) in [6.07, 6.45) is 1.85. The molecule has 5 heteroatoms. The SMILES string of the molecule is COc1cc2c(cc1OCc1ccccc1)N=CC1c3ccccc3CN1C2=O. The van der Waals surface area contributed by atoms with Gasteiger partial charge in [-0.3, -0.25) is 9.79 Å². The first-order valence-corrected chi connectivity index (χ1v) is 9.56. The van der Waals surface area contributed by atoms with Crippen LogP contribution in [-0.4, -0.2) is 24.1 Å². The summed E-state index contributed by atoms with van der Waals surface area (Å²) in [5.74, 6) is 1.05. The number of aliphatic imine (C=N–C) groups is 1. The first kappa shape index (κ1) is 17.5. The summed E-state index contributed by atoms with van der Waals surface area (Å²) in [5, 5.41) is 0. The van der Waals surface area contributed by atoms with E-state index in [1.807, 2.05) is 53.6 Å². The second kappa shape index (κ2) is 7.09. The third kappa shape index (κ3) is 3.05. The van der Waals surface area contributed by atoms with Gasteiger partial charge in [-0.1, -0.05) is 54.6 Å². The monoisotopic (exact) mass is 384 g/mol. The lowest BCUT2D eigenvalue weighted by atomic mass is 10.1. The maximum atomic E-state index is 13.3. The lowest BCUT2D eigenvalue weighted by molar-refractivity contribution is 0.0739. The van der Waals surface area contributed by atoms with E-state index in [1.165, 1.54) is 0 Å². The van der Waals surface area contributed by atoms with E-state index in [0.29, 0.717) is 35.9 Å². The molecule has 0 spiro atoms.